The molecule has 10 heteroatoms. The Hall–Kier alpha value is -2.72. The summed E-state index contributed by atoms with van der Waals surface area (Å²) in [4.78, 5) is 14.6. The van der Waals surface area contributed by atoms with Crippen LogP contribution in [0.2, 0.25) is 0 Å². The molecule has 2 heterocycles. The number of nitrogens with zero attached hydrogens (tertiary/aromatic N) is 3. The summed E-state index contributed by atoms with van der Waals surface area (Å²) < 4.78 is 27.3. The molecule has 0 aliphatic heterocycles. The summed E-state index contributed by atoms with van der Waals surface area (Å²) in [6, 6.07) is 6.58. The Bertz CT molecular complexity index is 1020. The van der Waals surface area contributed by atoms with Crippen LogP contribution in [0.5, 0.6) is 0 Å². The smallest absolute Gasteiger partial charge is 0.405 e. The maximum atomic E-state index is 12.8. The molecule has 1 aromatic carbocycles. The summed E-state index contributed by atoms with van der Waals surface area (Å²) in [5.41, 5.74) is 1.56. The van der Waals surface area contributed by atoms with Gasteiger partial charge in [-0.2, -0.15) is 5.10 Å². The number of benzene rings is 1. The zero-order valence-corrected chi connectivity index (χ0v) is 14.7. The first-order valence-corrected chi connectivity index (χ1v) is 9.42. The van der Waals surface area contributed by atoms with Crippen molar-refractivity contribution >= 4 is 27.3 Å². The summed E-state index contributed by atoms with van der Waals surface area (Å²) in [7, 11) is -1.94. The molecular weight excluding hydrogens is 364 g/mol. The standard InChI is InChI=1S/C15H14N4O4S2/c1-19-9-11(6-18-19)10-3-2-4-12(5-10)25(22,23)14-8-16-13(24-14)7-17-15(20)21/h2-6,8-9,17H,7H2,1H3,(H,20,21). The molecule has 3 rings (SSSR count). The highest BCUT2D eigenvalue weighted by Gasteiger charge is 2.21. The van der Waals surface area contributed by atoms with Gasteiger partial charge in [0.1, 0.15) is 9.22 Å². The van der Waals surface area contributed by atoms with E-state index in [1.165, 1.54) is 12.3 Å². The fourth-order valence-corrected chi connectivity index (χ4v) is 4.75. The lowest BCUT2D eigenvalue weighted by Gasteiger charge is -2.04. The molecule has 0 spiro atoms. The van der Waals surface area contributed by atoms with E-state index in [-0.39, 0.29) is 15.6 Å². The summed E-state index contributed by atoms with van der Waals surface area (Å²) in [6.45, 7) is -0.0365. The average molecular weight is 378 g/mol. The number of amides is 1. The van der Waals surface area contributed by atoms with Crippen LogP contribution in [-0.4, -0.2) is 34.4 Å². The predicted octanol–water partition coefficient (Wildman–Crippen LogP) is 2.14. The van der Waals surface area contributed by atoms with Gasteiger partial charge in [-0.25, -0.2) is 18.2 Å². The number of sulfone groups is 1. The number of rotatable bonds is 5. The van der Waals surface area contributed by atoms with Crippen LogP contribution in [0, 0.1) is 0 Å². The van der Waals surface area contributed by atoms with Crippen LogP contribution in [0.1, 0.15) is 5.01 Å². The van der Waals surface area contributed by atoms with Crippen molar-refractivity contribution in [3.8, 4) is 11.1 Å². The van der Waals surface area contributed by atoms with E-state index in [9.17, 15) is 13.2 Å². The molecule has 0 aliphatic carbocycles. The Morgan fingerprint density at radius 1 is 1.32 bits per heavy atom. The van der Waals surface area contributed by atoms with Crippen LogP contribution >= 0.6 is 11.3 Å². The van der Waals surface area contributed by atoms with Crippen molar-refractivity contribution in [2.24, 2.45) is 7.05 Å². The van der Waals surface area contributed by atoms with E-state index in [1.807, 2.05) is 6.07 Å². The maximum Gasteiger partial charge on any atom is 0.405 e. The first kappa shape index (κ1) is 17.1. The zero-order valence-electron chi connectivity index (χ0n) is 13.1. The number of carboxylic acid groups (broad SMARTS) is 1. The van der Waals surface area contributed by atoms with E-state index in [0.29, 0.717) is 5.01 Å². The minimum atomic E-state index is -3.73. The lowest BCUT2D eigenvalue weighted by atomic mass is 10.1. The van der Waals surface area contributed by atoms with Gasteiger partial charge in [0.05, 0.1) is 23.8 Å². The van der Waals surface area contributed by atoms with Crippen LogP contribution in [0.15, 0.2) is 52.0 Å². The summed E-state index contributed by atoms with van der Waals surface area (Å²) >= 11 is 0.941. The lowest BCUT2D eigenvalue weighted by molar-refractivity contribution is 0.194. The summed E-state index contributed by atoms with van der Waals surface area (Å²) in [5.74, 6) is 0. The largest absolute Gasteiger partial charge is 0.465 e. The molecule has 0 bridgehead atoms. The second-order valence-corrected chi connectivity index (χ2v) is 8.46. The van der Waals surface area contributed by atoms with Gasteiger partial charge in [0.15, 0.2) is 0 Å². The summed E-state index contributed by atoms with van der Waals surface area (Å²) in [5, 5.41) is 15.2. The molecule has 2 N–H and O–H groups in total. The van der Waals surface area contributed by atoms with Gasteiger partial charge >= 0.3 is 6.09 Å². The fraction of sp³-hybridized carbons (Fsp3) is 0.133. The van der Waals surface area contributed by atoms with E-state index < -0.39 is 15.9 Å². The highest BCUT2D eigenvalue weighted by Crippen LogP contribution is 2.29. The molecule has 2 aromatic heterocycles. The average Bonchev–Trinajstić information content (AvgIpc) is 3.22. The predicted molar refractivity (Wildman–Crippen MR) is 91.1 cm³/mol. The number of aryl methyl sites for hydroxylation is 1. The van der Waals surface area contributed by atoms with Crippen molar-refractivity contribution in [1.29, 1.82) is 0 Å². The molecule has 0 saturated heterocycles. The first-order chi connectivity index (χ1) is 11.9. The van der Waals surface area contributed by atoms with Gasteiger partial charge in [-0.1, -0.05) is 12.1 Å². The molecule has 25 heavy (non-hydrogen) atoms. The van der Waals surface area contributed by atoms with Crippen molar-refractivity contribution in [3.05, 3.63) is 47.9 Å². The van der Waals surface area contributed by atoms with Gasteiger partial charge in [-0.15, -0.1) is 11.3 Å². The molecule has 3 aromatic rings. The van der Waals surface area contributed by atoms with Gasteiger partial charge in [-0.3, -0.25) is 4.68 Å². The van der Waals surface area contributed by atoms with Crippen LogP contribution < -0.4 is 5.32 Å². The van der Waals surface area contributed by atoms with Crippen LogP contribution in [0.25, 0.3) is 11.1 Å². The molecule has 130 valence electrons. The van der Waals surface area contributed by atoms with Crippen molar-refractivity contribution in [1.82, 2.24) is 20.1 Å². The Balaban J connectivity index is 1.91. The maximum absolute atomic E-state index is 12.8. The van der Waals surface area contributed by atoms with E-state index >= 15 is 0 Å². The highest BCUT2D eigenvalue weighted by atomic mass is 32.2. The number of aromatic nitrogens is 3. The second-order valence-electron chi connectivity index (χ2n) is 5.17. The third-order valence-corrected chi connectivity index (χ3v) is 6.58. The molecule has 1 amide bonds. The third-order valence-electron chi connectivity index (χ3n) is 3.37. The number of carbonyl (C=O) groups is 1. The zero-order chi connectivity index (χ0) is 18.0. The van der Waals surface area contributed by atoms with Gasteiger partial charge in [0.2, 0.25) is 9.84 Å². The van der Waals surface area contributed by atoms with Gasteiger partial charge in [-0.05, 0) is 17.7 Å². The topological polar surface area (TPSA) is 114 Å². The number of nitrogens with one attached hydrogen (secondary N) is 1. The third kappa shape index (κ3) is 3.69. The molecule has 0 radical (unpaired) electrons. The monoisotopic (exact) mass is 378 g/mol. The van der Waals surface area contributed by atoms with E-state index in [2.05, 4.69) is 15.4 Å². The Morgan fingerprint density at radius 3 is 2.80 bits per heavy atom. The molecule has 8 nitrogen and oxygen atoms in total. The van der Waals surface area contributed by atoms with Crippen LogP contribution in [0.3, 0.4) is 0 Å². The van der Waals surface area contributed by atoms with E-state index in [0.717, 1.165) is 22.5 Å². The Labute approximate surface area is 147 Å². The number of hydrogen-bond acceptors (Lipinski definition) is 6. The van der Waals surface area contributed by atoms with Gasteiger partial charge in [0, 0.05) is 18.8 Å². The van der Waals surface area contributed by atoms with E-state index in [1.54, 1.807) is 36.3 Å². The van der Waals surface area contributed by atoms with Gasteiger partial charge < -0.3 is 10.4 Å². The highest BCUT2D eigenvalue weighted by molar-refractivity contribution is 7.93. The first-order valence-electron chi connectivity index (χ1n) is 7.12. The molecule has 0 unspecified atom stereocenters. The van der Waals surface area contributed by atoms with Gasteiger partial charge in [0.25, 0.3) is 0 Å². The molecule has 0 aliphatic rings. The molecule has 0 saturated carbocycles. The quantitative estimate of drug-likeness (QED) is 0.703. The minimum Gasteiger partial charge on any atom is -0.465 e. The van der Waals surface area contributed by atoms with Crippen molar-refractivity contribution in [2.45, 2.75) is 15.6 Å². The second kappa shape index (κ2) is 6.65. The number of thiazole rings is 1. The SMILES string of the molecule is Cn1cc(-c2cccc(S(=O)(=O)c3cnc(CNC(=O)O)s3)c2)cn1. The lowest BCUT2D eigenvalue weighted by Crippen LogP contribution is -2.19. The molecule has 0 atom stereocenters. The summed E-state index contributed by atoms with van der Waals surface area (Å²) in [6.07, 6.45) is 3.52. The molecular formula is C15H14N4O4S2. The van der Waals surface area contributed by atoms with Crippen molar-refractivity contribution in [2.75, 3.05) is 0 Å². The number of hydrogen-bond donors (Lipinski definition) is 2. The Kier molecular flexibility index (Phi) is 4.55. The minimum absolute atomic E-state index is 0.0365. The van der Waals surface area contributed by atoms with Crippen molar-refractivity contribution < 1.29 is 18.3 Å². The normalized spacial score (nSPS) is 11.4. The Morgan fingerprint density at radius 2 is 2.12 bits per heavy atom. The van der Waals surface area contributed by atoms with E-state index in [4.69, 9.17) is 5.11 Å². The van der Waals surface area contributed by atoms with Crippen LogP contribution in [0.4, 0.5) is 4.79 Å². The molecule has 0 fully saturated rings. The van der Waals surface area contributed by atoms with Crippen LogP contribution in [-0.2, 0) is 23.4 Å². The van der Waals surface area contributed by atoms with Crippen molar-refractivity contribution in [3.63, 3.8) is 0 Å². The fourth-order valence-electron chi connectivity index (χ4n) is 2.18.